The summed E-state index contributed by atoms with van der Waals surface area (Å²) in [6, 6.07) is 23.3. The molecule has 1 aliphatic heterocycles. The van der Waals surface area contributed by atoms with Gasteiger partial charge in [-0.05, 0) is 49.6 Å². The van der Waals surface area contributed by atoms with Gasteiger partial charge in [0.1, 0.15) is 10.7 Å². The number of hydrogen-bond acceptors (Lipinski definition) is 4. The number of sulfonamides is 1. The summed E-state index contributed by atoms with van der Waals surface area (Å²) in [5.41, 5.74) is 1.92. The lowest BCUT2D eigenvalue weighted by Crippen LogP contribution is -2.31. The number of nitrogens with zero attached hydrogens (tertiary/aromatic N) is 3. The van der Waals surface area contributed by atoms with Crippen molar-refractivity contribution in [3.8, 4) is 0 Å². The van der Waals surface area contributed by atoms with Crippen molar-refractivity contribution in [2.24, 2.45) is 0 Å². The number of rotatable bonds is 6. The molecule has 3 aromatic rings. The standard InChI is InChI=1S/C23H25N3O2S/c1-2-26(20-12-7-4-8-13-20)29(27,28)21-15-16-23(24-18-21)25-17-9-14-22(25)19-10-5-3-6-11-19/h3-8,10-13,15-16,18,22H,2,9,14,17H2,1H3. The summed E-state index contributed by atoms with van der Waals surface area (Å²) < 4.78 is 27.7. The molecule has 0 N–H and O–H groups in total. The largest absolute Gasteiger partial charge is 0.350 e. The van der Waals surface area contributed by atoms with Crippen molar-refractivity contribution in [2.75, 3.05) is 22.3 Å². The average molecular weight is 408 g/mol. The lowest BCUT2D eigenvalue weighted by molar-refractivity contribution is 0.591. The molecular formula is C23H25N3O2S. The maximum atomic E-state index is 13.2. The predicted molar refractivity (Wildman–Crippen MR) is 117 cm³/mol. The third kappa shape index (κ3) is 3.85. The first-order valence-electron chi connectivity index (χ1n) is 9.96. The van der Waals surface area contributed by atoms with Crippen LogP contribution in [0.2, 0.25) is 0 Å². The molecule has 2 aromatic carbocycles. The van der Waals surface area contributed by atoms with E-state index in [1.165, 1.54) is 16.1 Å². The second-order valence-corrected chi connectivity index (χ2v) is 8.98. The molecule has 0 aliphatic carbocycles. The van der Waals surface area contributed by atoms with Crippen molar-refractivity contribution in [1.29, 1.82) is 0 Å². The molecule has 1 unspecified atom stereocenters. The van der Waals surface area contributed by atoms with Crippen LogP contribution in [0.5, 0.6) is 0 Å². The topological polar surface area (TPSA) is 53.5 Å². The molecule has 0 bridgehead atoms. The first-order chi connectivity index (χ1) is 14.1. The first kappa shape index (κ1) is 19.5. The number of hydrogen-bond donors (Lipinski definition) is 0. The van der Waals surface area contributed by atoms with Crippen LogP contribution in [0.15, 0.2) is 83.9 Å². The van der Waals surface area contributed by atoms with E-state index in [0.29, 0.717) is 12.2 Å². The molecule has 1 fully saturated rings. The molecule has 0 radical (unpaired) electrons. The van der Waals surface area contributed by atoms with Gasteiger partial charge in [-0.25, -0.2) is 13.4 Å². The molecule has 5 nitrogen and oxygen atoms in total. The van der Waals surface area contributed by atoms with Crippen molar-refractivity contribution in [1.82, 2.24) is 4.98 Å². The second-order valence-electron chi connectivity index (χ2n) is 7.12. The Balaban J connectivity index is 1.60. The van der Waals surface area contributed by atoms with Crippen LogP contribution >= 0.6 is 0 Å². The molecule has 6 heteroatoms. The van der Waals surface area contributed by atoms with E-state index >= 15 is 0 Å². The van der Waals surface area contributed by atoms with Gasteiger partial charge >= 0.3 is 0 Å². The minimum atomic E-state index is -3.66. The van der Waals surface area contributed by atoms with Crippen molar-refractivity contribution < 1.29 is 8.42 Å². The highest BCUT2D eigenvalue weighted by Crippen LogP contribution is 2.35. The third-order valence-electron chi connectivity index (χ3n) is 5.37. The van der Waals surface area contributed by atoms with Crippen molar-refractivity contribution in [3.63, 3.8) is 0 Å². The van der Waals surface area contributed by atoms with Crippen LogP contribution in [0.4, 0.5) is 11.5 Å². The monoisotopic (exact) mass is 407 g/mol. The fourth-order valence-corrected chi connectivity index (χ4v) is 5.39. The van der Waals surface area contributed by atoms with Crippen LogP contribution in [0.1, 0.15) is 31.4 Å². The smallest absolute Gasteiger partial charge is 0.265 e. The normalized spacial score (nSPS) is 16.7. The maximum Gasteiger partial charge on any atom is 0.265 e. The van der Waals surface area contributed by atoms with Gasteiger partial charge in [-0.1, -0.05) is 48.5 Å². The number of benzene rings is 2. The summed E-state index contributed by atoms with van der Waals surface area (Å²) in [5.74, 6) is 0.818. The summed E-state index contributed by atoms with van der Waals surface area (Å²) in [4.78, 5) is 7.01. The molecule has 29 heavy (non-hydrogen) atoms. The Morgan fingerprint density at radius 2 is 1.69 bits per heavy atom. The van der Waals surface area contributed by atoms with Crippen molar-refractivity contribution in [2.45, 2.75) is 30.7 Å². The fraction of sp³-hybridized carbons (Fsp3) is 0.261. The van der Waals surface area contributed by atoms with Crippen LogP contribution in [-0.2, 0) is 10.0 Å². The Hall–Kier alpha value is -2.86. The van der Waals surface area contributed by atoms with Gasteiger partial charge in [0.05, 0.1) is 11.7 Å². The van der Waals surface area contributed by atoms with Crippen LogP contribution in [0.3, 0.4) is 0 Å². The quantitative estimate of drug-likeness (QED) is 0.597. The lowest BCUT2D eigenvalue weighted by Gasteiger charge is -2.27. The summed E-state index contributed by atoms with van der Waals surface area (Å²) >= 11 is 0. The molecule has 0 spiro atoms. The van der Waals surface area contributed by atoms with Gasteiger partial charge < -0.3 is 4.90 Å². The highest BCUT2D eigenvalue weighted by molar-refractivity contribution is 7.92. The van der Waals surface area contributed by atoms with E-state index in [0.717, 1.165) is 25.2 Å². The average Bonchev–Trinajstić information content (AvgIpc) is 3.25. The summed E-state index contributed by atoms with van der Waals surface area (Å²) in [6.45, 7) is 3.11. The molecule has 1 atom stereocenters. The summed E-state index contributed by atoms with van der Waals surface area (Å²) in [7, 11) is -3.66. The summed E-state index contributed by atoms with van der Waals surface area (Å²) in [6.07, 6.45) is 3.65. The number of anilines is 2. The van der Waals surface area contributed by atoms with Gasteiger partial charge in [0.25, 0.3) is 10.0 Å². The molecule has 1 aromatic heterocycles. The van der Waals surface area contributed by atoms with Crippen molar-refractivity contribution in [3.05, 3.63) is 84.6 Å². The molecule has 1 saturated heterocycles. The Bertz CT molecular complexity index is 1040. The molecule has 1 aliphatic rings. The lowest BCUT2D eigenvalue weighted by atomic mass is 10.0. The van der Waals surface area contributed by atoms with E-state index in [-0.39, 0.29) is 10.9 Å². The Kier molecular flexibility index (Phi) is 5.53. The molecule has 0 amide bonds. The van der Waals surface area contributed by atoms with E-state index in [9.17, 15) is 8.42 Å². The first-order valence-corrected chi connectivity index (χ1v) is 11.4. The molecule has 150 valence electrons. The fourth-order valence-electron chi connectivity index (χ4n) is 3.97. The van der Waals surface area contributed by atoms with Gasteiger partial charge in [-0.3, -0.25) is 4.31 Å². The van der Waals surface area contributed by atoms with Crippen LogP contribution < -0.4 is 9.21 Å². The number of para-hydroxylation sites is 1. The van der Waals surface area contributed by atoms with Crippen molar-refractivity contribution >= 4 is 21.5 Å². The molecule has 4 rings (SSSR count). The minimum Gasteiger partial charge on any atom is -0.350 e. The van der Waals surface area contributed by atoms with Crippen LogP contribution in [0, 0.1) is 0 Å². The molecular weight excluding hydrogens is 382 g/mol. The van der Waals surface area contributed by atoms with Gasteiger partial charge in [0.2, 0.25) is 0 Å². The summed E-state index contributed by atoms with van der Waals surface area (Å²) in [5, 5.41) is 0. The second kappa shape index (κ2) is 8.25. The highest BCUT2D eigenvalue weighted by atomic mass is 32.2. The number of pyridine rings is 1. The van der Waals surface area contributed by atoms with Gasteiger partial charge in [0, 0.05) is 19.3 Å². The Morgan fingerprint density at radius 1 is 1.00 bits per heavy atom. The third-order valence-corrected chi connectivity index (χ3v) is 7.26. The SMILES string of the molecule is CCN(c1ccccc1)S(=O)(=O)c1ccc(N2CCCC2c2ccccc2)nc1. The zero-order chi connectivity index (χ0) is 20.3. The molecule has 0 saturated carbocycles. The van der Waals surface area contributed by atoms with Crippen LogP contribution in [0.25, 0.3) is 0 Å². The minimum absolute atomic E-state index is 0.211. The maximum absolute atomic E-state index is 13.2. The van der Waals surface area contributed by atoms with E-state index in [2.05, 4.69) is 34.1 Å². The van der Waals surface area contributed by atoms with E-state index in [1.807, 2.05) is 37.3 Å². The highest BCUT2D eigenvalue weighted by Gasteiger charge is 2.28. The van der Waals surface area contributed by atoms with E-state index < -0.39 is 10.0 Å². The van der Waals surface area contributed by atoms with Gasteiger partial charge in [-0.2, -0.15) is 0 Å². The zero-order valence-corrected chi connectivity index (χ0v) is 17.3. The van der Waals surface area contributed by atoms with E-state index in [1.54, 1.807) is 18.2 Å². The predicted octanol–water partition coefficient (Wildman–Crippen LogP) is 4.64. The number of aromatic nitrogens is 1. The van der Waals surface area contributed by atoms with Gasteiger partial charge in [-0.15, -0.1) is 0 Å². The van der Waals surface area contributed by atoms with E-state index in [4.69, 9.17) is 0 Å². The van der Waals surface area contributed by atoms with Crippen LogP contribution in [-0.4, -0.2) is 26.5 Å². The van der Waals surface area contributed by atoms with Gasteiger partial charge in [0.15, 0.2) is 0 Å². The Labute approximate surface area is 172 Å². The molecule has 2 heterocycles. The Morgan fingerprint density at radius 3 is 2.31 bits per heavy atom. The zero-order valence-electron chi connectivity index (χ0n) is 16.5.